The van der Waals surface area contributed by atoms with Crippen LogP contribution < -0.4 is 4.90 Å². The number of nitrogens with zero attached hydrogens (tertiary/aromatic N) is 3. The van der Waals surface area contributed by atoms with E-state index in [2.05, 4.69) is 77.7 Å². The number of benzene rings is 3. The molecule has 37 heavy (non-hydrogen) atoms. The highest BCUT2D eigenvalue weighted by Gasteiger charge is 2.34. The van der Waals surface area contributed by atoms with Crippen LogP contribution in [0.3, 0.4) is 0 Å². The average Bonchev–Trinajstić information content (AvgIpc) is 3.66. The quantitative estimate of drug-likeness (QED) is 0.310. The molecule has 1 saturated carbocycles. The van der Waals surface area contributed by atoms with Crippen molar-refractivity contribution >= 4 is 17.7 Å². The molecule has 5 nitrogen and oxygen atoms in total. The monoisotopic (exact) mass is 489 g/mol. The number of rotatable bonds is 6. The molecule has 0 amide bonds. The Balaban J connectivity index is 1.42. The lowest BCUT2D eigenvalue weighted by Gasteiger charge is -2.44. The Morgan fingerprint density at radius 2 is 1.70 bits per heavy atom. The number of aryl methyl sites for hydroxylation is 1. The molecule has 1 aliphatic heterocycles. The third-order valence-electron chi connectivity index (χ3n) is 7.65. The summed E-state index contributed by atoms with van der Waals surface area (Å²) >= 11 is 0. The van der Waals surface area contributed by atoms with Crippen molar-refractivity contribution in [2.24, 2.45) is 7.05 Å². The molecule has 5 heteroatoms. The normalized spacial score (nSPS) is 19.2. The van der Waals surface area contributed by atoms with Crippen LogP contribution in [0.15, 0.2) is 85.2 Å². The third-order valence-corrected chi connectivity index (χ3v) is 7.65. The fourth-order valence-electron chi connectivity index (χ4n) is 5.66. The molecule has 3 aromatic carbocycles. The van der Waals surface area contributed by atoms with Crippen molar-refractivity contribution < 1.29 is 9.90 Å². The number of carbonyl (C=O) groups is 1. The number of carboxylic acid groups (broad SMARTS) is 1. The van der Waals surface area contributed by atoms with Crippen LogP contribution >= 0.6 is 0 Å². The number of aliphatic carboxylic acids is 1. The van der Waals surface area contributed by atoms with E-state index in [0.717, 1.165) is 23.5 Å². The van der Waals surface area contributed by atoms with E-state index in [-0.39, 0.29) is 6.04 Å². The Bertz CT molecular complexity index is 1460. The van der Waals surface area contributed by atoms with Gasteiger partial charge in [-0.1, -0.05) is 54.6 Å². The number of anilines is 1. The molecule has 1 N–H and O–H groups in total. The SMILES string of the molecule is C[C@@H]1Cc2cc(-c3cnn(C)c3)ccc2[C@@H](c2ccc(/C=C/C(=O)O)cc2)N1c1ccc(C2CC2)cc1. The van der Waals surface area contributed by atoms with Crippen LogP contribution in [0.5, 0.6) is 0 Å². The lowest BCUT2D eigenvalue weighted by Crippen LogP contribution is -2.42. The molecule has 1 aromatic heterocycles. The highest BCUT2D eigenvalue weighted by atomic mass is 16.4. The molecule has 2 atom stereocenters. The topological polar surface area (TPSA) is 58.4 Å². The number of fused-ring (bicyclic) bond motifs is 1. The first-order valence-electron chi connectivity index (χ1n) is 13.0. The molecule has 0 spiro atoms. The van der Waals surface area contributed by atoms with Crippen molar-refractivity contribution in [3.8, 4) is 11.1 Å². The summed E-state index contributed by atoms with van der Waals surface area (Å²) in [7, 11) is 1.95. The smallest absolute Gasteiger partial charge is 0.328 e. The lowest BCUT2D eigenvalue weighted by atomic mass is 9.83. The van der Waals surface area contributed by atoms with Crippen LogP contribution in [-0.2, 0) is 18.3 Å². The minimum Gasteiger partial charge on any atom is -0.478 e. The third kappa shape index (κ3) is 4.69. The largest absolute Gasteiger partial charge is 0.478 e. The summed E-state index contributed by atoms with van der Waals surface area (Å²) in [6.45, 7) is 2.31. The van der Waals surface area contributed by atoms with Gasteiger partial charge in [0, 0.05) is 36.6 Å². The fourth-order valence-corrected chi connectivity index (χ4v) is 5.66. The minimum atomic E-state index is -0.940. The van der Waals surface area contributed by atoms with Crippen molar-refractivity contribution in [3.63, 3.8) is 0 Å². The zero-order valence-corrected chi connectivity index (χ0v) is 21.2. The van der Waals surface area contributed by atoms with E-state index in [4.69, 9.17) is 5.11 Å². The molecular formula is C32H31N3O2. The van der Waals surface area contributed by atoms with Crippen LogP contribution in [-0.4, -0.2) is 26.9 Å². The van der Waals surface area contributed by atoms with E-state index in [9.17, 15) is 4.79 Å². The van der Waals surface area contributed by atoms with E-state index in [1.165, 1.54) is 52.4 Å². The highest BCUT2D eigenvalue weighted by molar-refractivity contribution is 5.85. The average molecular weight is 490 g/mol. The fraction of sp³-hybridized carbons (Fsp3) is 0.250. The molecule has 0 unspecified atom stereocenters. The summed E-state index contributed by atoms with van der Waals surface area (Å²) in [5.74, 6) is -0.203. The van der Waals surface area contributed by atoms with Crippen LogP contribution in [0.4, 0.5) is 5.69 Å². The Morgan fingerprint density at radius 1 is 0.973 bits per heavy atom. The maximum Gasteiger partial charge on any atom is 0.328 e. The number of carboxylic acids is 1. The van der Waals surface area contributed by atoms with Gasteiger partial charge in [-0.2, -0.15) is 5.10 Å². The van der Waals surface area contributed by atoms with Crippen LogP contribution in [0, 0.1) is 0 Å². The van der Waals surface area contributed by atoms with E-state index in [0.29, 0.717) is 6.04 Å². The number of hydrogen-bond donors (Lipinski definition) is 1. The molecular weight excluding hydrogens is 458 g/mol. The Labute approximate surface area is 217 Å². The molecule has 6 rings (SSSR count). The summed E-state index contributed by atoms with van der Waals surface area (Å²) < 4.78 is 1.84. The molecule has 0 saturated heterocycles. The predicted octanol–water partition coefficient (Wildman–Crippen LogP) is 6.60. The van der Waals surface area contributed by atoms with Gasteiger partial charge < -0.3 is 10.0 Å². The van der Waals surface area contributed by atoms with Gasteiger partial charge in [0.1, 0.15) is 0 Å². The van der Waals surface area contributed by atoms with Gasteiger partial charge in [0.25, 0.3) is 0 Å². The molecule has 186 valence electrons. The van der Waals surface area contributed by atoms with Gasteiger partial charge >= 0.3 is 5.97 Å². The molecule has 2 aliphatic rings. The summed E-state index contributed by atoms with van der Waals surface area (Å²) in [5.41, 5.74) is 9.74. The zero-order chi connectivity index (χ0) is 25.5. The van der Waals surface area contributed by atoms with Gasteiger partial charge in [0.05, 0.1) is 12.2 Å². The summed E-state index contributed by atoms with van der Waals surface area (Å²) in [6.07, 6.45) is 10.4. The van der Waals surface area contributed by atoms with Crippen LogP contribution in [0.1, 0.15) is 59.5 Å². The van der Waals surface area contributed by atoms with E-state index in [1.54, 1.807) is 6.08 Å². The number of hydrogen-bond acceptors (Lipinski definition) is 3. The van der Waals surface area contributed by atoms with Gasteiger partial charge in [-0.25, -0.2) is 4.79 Å². The van der Waals surface area contributed by atoms with Gasteiger partial charge in [0.2, 0.25) is 0 Å². The van der Waals surface area contributed by atoms with E-state index in [1.807, 2.05) is 30.1 Å². The molecule has 1 aliphatic carbocycles. The van der Waals surface area contributed by atoms with E-state index < -0.39 is 5.97 Å². The van der Waals surface area contributed by atoms with Crippen molar-refractivity contribution in [1.82, 2.24) is 9.78 Å². The van der Waals surface area contributed by atoms with Crippen molar-refractivity contribution in [3.05, 3.63) is 113 Å². The molecule has 1 fully saturated rings. The second-order valence-corrected chi connectivity index (χ2v) is 10.4. The standard InChI is InChI=1S/C32H31N3O2/c1-21-17-27-18-26(28-19-33-34(2)20-28)12-15-30(27)32(25-6-3-22(4-7-25)5-16-31(36)37)35(21)29-13-10-24(11-14-29)23-8-9-23/h3-7,10-16,18-21,23,32H,8-9,17H2,1-2H3,(H,36,37)/b16-5+/t21-,32-/m1/s1. The zero-order valence-electron chi connectivity index (χ0n) is 21.2. The maximum absolute atomic E-state index is 11.0. The van der Waals surface area contributed by atoms with E-state index >= 15 is 0 Å². The Kier molecular flexibility index (Phi) is 5.91. The van der Waals surface area contributed by atoms with Crippen LogP contribution in [0.2, 0.25) is 0 Å². The minimum absolute atomic E-state index is 0.0611. The summed E-state index contributed by atoms with van der Waals surface area (Å²) in [6, 6.07) is 24.6. The van der Waals surface area contributed by atoms with Crippen molar-refractivity contribution in [2.75, 3.05) is 4.90 Å². The first-order valence-corrected chi connectivity index (χ1v) is 13.0. The predicted molar refractivity (Wildman–Crippen MR) is 148 cm³/mol. The van der Waals surface area contributed by atoms with Gasteiger partial charge in [0.15, 0.2) is 0 Å². The molecule has 2 heterocycles. The van der Waals surface area contributed by atoms with Gasteiger partial charge in [-0.3, -0.25) is 4.68 Å². The number of aromatic nitrogens is 2. The summed E-state index contributed by atoms with van der Waals surface area (Å²) in [5, 5.41) is 13.4. The van der Waals surface area contributed by atoms with Crippen molar-refractivity contribution in [1.29, 1.82) is 0 Å². The maximum atomic E-state index is 11.0. The Morgan fingerprint density at radius 3 is 2.35 bits per heavy atom. The van der Waals surface area contributed by atoms with Crippen LogP contribution in [0.25, 0.3) is 17.2 Å². The first kappa shape index (κ1) is 23.3. The lowest BCUT2D eigenvalue weighted by molar-refractivity contribution is -0.131. The molecule has 0 radical (unpaired) electrons. The molecule has 0 bridgehead atoms. The second-order valence-electron chi connectivity index (χ2n) is 10.4. The second kappa shape index (κ2) is 9.40. The first-order chi connectivity index (χ1) is 18.0. The Hall–Kier alpha value is -4.12. The molecule has 4 aromatic rings. The summed E-state index contributed by atoms with van der Waals surface area (Å²) in [4.78, 5) is 13.5. The van der Waals surface area contributed by atoms with Gasteiger partial charge in [-0.05, 0) is 83.7 Å². The highest BCUT2D eigenvalue weighted by Crippen LogP contribution is 2.44. The van der Waals surface area contributed by atoms with Gasteiger partial charge in [-0.15, -0.1) is 0 Å². The van der Waals surface area contributed by atoms with Crippen molar-refractivity contribution in [2.45, 2.75) is 44.2 Å².